The fourth-order valence-electron chi connectivity index (χ4n) is 1.08. The third-order valence-corrected chi connectivity index (χ3v) is 1.75. The smallest absolute Gasteiger partial charge is 0.356 e. The molecule has 0 atom stereocenters. The van der Waals surface area contributed by atoms with Gasteiger partial charge in [0.25, 0.3) is 0 Å². The first-order valence-corrected chi connectivity index (χ1v) is 4.33. The van der Waals surface area contributed by atoms with Gasteiger partial charge in [-0.1, -0.05) is 0 Å². The van der Waals surface area contributed by atoms with Gasteiger partial charge in [-0.15, -0.1) is 0 Å². The second-order valence-corrected chi connectivity index (χ2v) is 2.73. The molecule has 0 aromatic carbocycles. The van der Waals surface area contributed by atoms with Crippen molar-refractivity contribution >= 4 is 11.9 Å². The maximum atomic E-state index is 11.3. The lowest BCUT2D eigenvalue weighted by Crippen LogP contribution is -2.16. The Kier molecular flexibility index (Phi) is 3.33. The predicted molar refractivity (Wildman–Crippen MR) is 51.9 cm³/mol. The first kappa shape index (κ1) is 11.1. The summed E-state index contributed by atoms with van der Waals surface area (Å²) in [6, 6.07) is 1.32. The molecule has 6 nitrogen and oxygen atoms in total. The van der Waals surface area contributed by atoms with E-state index in [1.54, 1.807) is 6.92 Å². The van der Waals surface area contributed by atoms with Crippen LogP contribution in [-0.2, 0) is 9.47 Å². The maximum Gasteiger partial charge on any atom is 0.356 e. The number of methoxy groups -OCH3 is 1. The molecular formula is C9H12N2O4. The van der Waals surface area contributed by atoms with Crippen molar-refractivity contribution in [1.29, 1.82) is 0 Å². The molecule has 0 bridgehead atoms. The lowest BCUT2D eigenvalue weighted by atomic mass is 10.3. The molecule has 6 heteroatoms. The second-order valence-electron chi connectivity index (χ2n) is 2.73. The van der Waals surface area contributed by atoms with Crippen LogP contribution in [0.5, 0.6) is 0 Å². The number of nitrogen functional groups attached to an aromatic ring is 1. The van der Waals surface area contributed by atoms with Gasteiger partial charge in [-0.05, 0) is 13.0 Å². The van der Waals surface area contributed by atoms with Crippen molar-refractivity contribution in [3.8, 4) is 0 Å². The molecule has 0 saturated heterocycles. The quantitative estimate of drug-likeness (QED) is 0.570. The molecule has 1 heterocycles. The number of ether oxygens (including phenoxy) is 2. The summed E-state index contributed by atoms with van der Waals surface area (Å²) in [4.78, 5) is 22.4. The number of nitrogens with two attached hydrogens (primary N) is 1. The number of hydrogen-bond acceptors (Lipinski definition) is 5. The highest BCUT2D eigenvalue weighted by Crippen LogP contribution is 2.08. The summed E-state index contributed by atoms with van der Waals surface area (Å²) in [7, 11) is 1.25. The van der Waals surface area contributed by atoms with E-state index in [1.165, 1.54) is 19.4 Å². The van der Waals surface area contributed by atoms with Crippen LogP contribution in [0.4, 0.5) is 0 Å². The van der Waals surface area contributed by atoms with Gasteiger partial charge in [0, 0.05) is 6.20 Å². The Hall–Kier alpha value is -1.98. The lowest BCUT2D eigenvalue weighted by molar-refractivity contribution is 0.0516. The molecule has 0 saturated carbocycles. The van der Waals surface area contributed by atoms with Crippen molar-refractivity contribution in [3.05, 3.63) is 23.5 Å². The monoisotopic (exact) mass is 212 g/mol. The molecule has 0 spiro atoms. The van der Waals surface area contributed by atoms with E-state index in [2.05, 4.69) is 4.74 Å². The standard InChI is InChI=1S/C9H12N2O4/c1-3-15-9(13)7-4-6(5-11(7)10)8(12)14-2/h4-5H,3,10H2,1-2H3. The SMILES string of the molecule is CCOC(=O)c1cc(C(=O)OC)cn1N. The predicted octanol–water partition coefficient (Wildman–Crippen LogP) is 0.165. The highest BCUT2D eigenvalue weighted by atomic mass is 16.5. The zero-order chi connectivity index (χ0) is 11.4. The van der Waals surface area contributed by atoms with Crippen LogP contribution in [0.25, 0.3) is 0 Å². The van der Waals surface area contributed by atoms with Crippen LogP contribution in [0, 0.1) is 0 Å². The summed E-state index contributed by atoms with van der Waals surface area (Å²) in [5.41, 5.74) is 0.320. The molecule has 0 unspecified atom stereocenters. The van der Waals surface area contributed by atoms with E-state index in [4.69, 9.17) is 10.6 Å². The molecule has 2 N–H and O–H groups in total. The summed E-state index contributed by atoms with van der Waals surface area (Å²) in [6.45, 7) is 1.93. The Balaban J connectivity index is 2.96. The van der Waals surface area contributed by atoms with Gasteiger partial charge in [0.1, 0.15) is 5.69 Å². The molecule has 15 heavy (non-hydrogen) atoms. The van der Waals surface area contributed by atoms with Gasteiger partial charge in [-0.3, -0.25) is 4.68 Å². The van der Waals surface area contributed by atoms with Crippen molar-refractivity contribution in [2.75, 3.05) is 19.6 Å². The normalized spacial score (nSPS) is 9.73. The Labute approximate surface area is 86.5 Å². The van der Waals surface area contributed by atoms with Crippen molar-refractivity contribution < 1.29 is 19.1 Å². The van der Waals surface area contributed by atoms with Gasteiger partial charge >= 0.3 is 11.9 Å². The third kappa shape index (κ3) is 2.28. The Morgan fingerprint density at radius 3 is 2.67 bits per heavy atom. The number of hydrogen-bond donors (Lipinski definition) is 1. The highest BCUT2D eigenvalue weighted by Gasteiger charge is 2.17. The van der Waals surface area contributed by atoms with Crippen LogP contribution in [0.1, 0.15) is 27.8 Å². The van der Waals surface area contributed by atoms with E-state index < -0.39 is 11.9 Å². The number of aromatic nitrogens is 1. The number of nitrogens with zero attached hydrogens (tertiary/aromatic N) is 1. The van der Waals surface area contributed by atoms with Gasteiger partial charge in [0.05, 0.1) is 19.3 Å². The Bertz CT molecular complexity index is 383. The zero-order valence-electron chi connectivity index (χ0n) is 8.52. The molecule has 0 radical (unpaired) electrons. The van der Waals surface area contributed by atoms with Crippen LogP contribution in [0.3, 0.4) is 0 Å². The summed E-state index contributed by atoms with van der Waals surface area (Å²) in [5.74, 6) is 4.35. The van der Waals surface area contributed by atoms with Gasteiger partial charge in [0.15, 0.2) is 0 Å². The van der Waals surface area contributed by atoms with E-state index in [0.29, 0.717) is 0 Å². The van der Waals surface area contributed by atoms with E-state index in [9.17, 15) is 9.59 Å². The Morgan fingerprint density at radius 2 is 2.13 bits per heavy atom. The van der Waals surface area contributed by atoms with Crippen molar-refractivity contribution in [3.63, 3.8) is 0 Å². The molecule has 1 rings (SSSR count). The van der Waals surface area contributed by atoms with Gasteiger partial charge in [-0.25, -0.2) is 9.59 Å². The van der Waals surface area contributed by atoms with E-state index in [-0.39, 0.29) is 17.9 Å². The first-order chi connectivity index (χ1) is 7.10. The minimum atomic E-state index is -0.574. The summed E-state index contributed by atoms with van der Waals surface area (Å²) >= 11 is 0. The summed E-state index contributed by atoms with van der Waals surface area (Å²) in [5, 5.41) is 0. The third-order valence-electron chi connectivity index (χ3n) is 1.75. The van der Waals surface area contributed by atoms with E-state index in [0.717, 1.165) is 4.68 Å². The number of rotatable bonds is 3. The average molecular weight is 212 g/mol. The number of carbonyl (C=O) groups is 2. The molecule has 0 amide bonds. The van der Waals surface area contributed by atoms with Crippen molar-refractivity contribution in [2.45, 2.75) is 6.92 Å². The number of esters is 2. The van der Waals surface area contributed by atoms with Crippen LogP contribution in [0.2, 0.25) is 0 Å². The molecule has 82 valence electrons. The molecule has 0 fully saturated rings. The molecular weight excluding hydrogens is 200 g/mol. The average Bonchev–Trinajstić information content (AvgIpc) is 2.59. The molecule has 1 aromatic rings. The maximum absolute atomic E-state index is 11.3. The van der Waals surface area contributed by atoms with Gasteiger partial charge < -0.3 is 15.3 Å². The second kappa shape index (κ2) is 4.50. The van der Waals surface area contributed by atoms with Gasteiger partial charge in [-0.2, -0.15) is 0 Å². The topological polar surface area (TPSA) is 83.6 Å². The number of carbonyl (C=O) groups excluding carboxylic acids is 2. The van der Waals surface area contributed by atoms with Crippen molar-refractivity contribution in [2.24, 2.45) is 0 Å². The molecule has 0 aliphatic rings. The van der Waals surface area contributed by atoms with Crippen LogP contribution >= 0.6 is 0 Å². The zero-order valence-corrected chi connectivity index (χ0v) is 8.52. The largest absolute Gasteiger partial charge is 0.465 e. The fraction of sp³-hybridized carbons (Fsp3) is 0.333. The molecule has 0 aliphatic heterocycles. The van der Waals surface area contributed by atoms with Crippen LogP contribution in [0.15, 0.2) is 12.3 Å². The van der Waals surface area contributed by atoms with E-state index >= 15 is 0 Å². The lowest BCUT2D eigenvalue weighted by Gasteiger charge is -2.01. The highest BCUT2D eigenvalue weighted by molar-refractivity contribution is 5.94. The Morgan fingerprint density at radius 1 is 1.47 bits per heavy atom. The van der Waals surface area contributed by atoms with Gasteiger partial charge in [0.2, 0.25) is 0 Å². The fourth-order valence-corrected chi connectivity index (χ4v) is 1.08. The summed E-state index contributed by atoms with van der Waals surface area (Å²) < 4.78 is 10.3. The van der Waals surface area contributed by atoms with Crippen molar-refractivity contribution in [1.82, 2.24) is 4.68 Å². The molecule has 0 aliphatic carbocycles. The van der Waals surface area contributed by atoms with Crippen LogP contribution < -0.4 is 5.84 Å². The first-order valence-electron chi connectivity index (χ1n) is 4.33. The van der Waals surface area contributed by atoms with E-state index in [1.807, 2.05) is 0 Å². The van der Waals surface area contributed by atoms with Crippen LogP contribution in [-0.4, -0.2) is 30.3 Å². The minimum absolute atomic E-state index is 0.109. The minimum Gasteiger partial charge on any atom is -0.465 e. The summed E-state index contributed by atoms with van der Waals surface area (Å²) in [6.07, 6.45) is 1.30. The molecule has 1 aromatic heterocycles.